The zero-order chi connectivity index (χ0) is 16.0. The predicted octanol–water partition coefficient (Wildman–Crippen LogP) is 2.94. The van der Waals surface area contributed by atoms with Crippen LogP contribution in [0.5, 0.6) is 5.75 Å². The molecular weight excluding hydrogens is 288 g/mol. The zero-order valence-electron chi connectivity index (χ0n) is 13.4. The monoisotopic (exact) mass is 312 g/mol. The van der Waals surface area contributed by atoms with E-state index in [2.05, 4.69) is 19.2 Å². The number of methoxy groups -OCH3 is 1. The van der Waals surface area contributed by atoms with Crippen LogP contribution in [0.15, 0.2) is 18.2 Å². The number of nitrogens with one attached hydrogen (secondary N) is 1. The smallest absolute Gasteiger partial charge is 0.239 e. The standard InChI is InChI=1S/C16H25ClN2O2/c1-11(2)9-14(16(20)19(3)4)18-10-12-13(17)7-6-8-15(12)21-5/h6-8,11,14,18H,9-10H2,1-5H3. The topological polar surface area (TPSA) is 41.6 Å². The number of carbonyl (C=O) groups excluding carboxylic acids is 1. The van der Waals surface area contributed by atoms with Gasteiger partial charge in [-0.2, -0.15) is 0 Å². The minimum atomic E-state index is -0.221. The van der Waals surface area contributed by atoms with Gasteiger partial charge in [-0.1, -0.05) is 31.5 Å². The van der Waals surface area contributed by atoms with Crippen molar-refractivity contribution in [1.82, 2.24) is 10.2 Å². The predicted molar refractivity (Wildman–Crippen MR) is 86.8 cm³/mol. The number of ether oxygens (including phenoxy) is 1. The lowest BCUT2D eigenvalue weighted by Gasteiger charge is -2.24. The van der Waals surface area contributed by atoms with Crippen LogP contribution in [0.25, 0.3) is 0 Å². The van der Waals surface area contributed by atoms with E-state index in [1.807, 2.05) is 18.2 Å². The molecule has 0 heterocycles. The molecule has 1 atom stereocenters. The summed E-state index contributed by atoms with van der Waals surface area (Å²) in [5.41, 5.74) is 0.877. The minimum Gasteiger partial charge on any atom is -0.496 e. The molecule has 1 unspecified atom stereocenters. The van der Waals surface area contributed by atoms with Crippen LogP contribution in [0.4, 0.5) is 0 Å². The van der Waals surface area contributed by atoms with Crippen molar-refractivity contribution in [1.29, 1.82) is 0 Å². The molecule has 0 spiro atoms. The Morgan fingerprint density at radius 1 is 1.38 bits per heavy atom. The van der Waals surface area contributed by atoms with Crippen molar-refractivity contribution in [3.05, 3.63) is 28.8 Å². The van der Waals surface area contributed by atoms with Gasteiger partial charge in [0.1, 0.15) is 5.75 Å². The van der Waals surface area contributed by atoms with E-state index in [1.165, 1.54) is 0 Å². The van der Waals surface area contributed by atoms with E-state index in [0.29, 0.717) is 17.5 Å². The van der Waals surface area contributed by atoms with Gasteiger partial charge in [-0.3, -0.25) is 4.79 Å². The highest BCUT2D eigenvalue weighted by molar-refractivity contribution is 6.31. The summed E-state index contributed by atoms with van der Waals surface area (Å²) in [6.07, 6.45) is 0.782. The highest BCUT2D eigenvalue weighted by Crippen LogP contribution is 2.26. The molecule has 0 saturated heterocycles. The summed E-state index contributed by atoms with van der Waals surface area (Å²) in [6.45, 7) is 4.71. The van der Waals surface area contributed by atoms with Crippen molar-refractivity contribution < 1.29 is 9.53 Å². The van der Waals surface area contributed by atoms with E-state index in [9.17, 15) is 4.79 Å². The molecule has 1 amide bonds. The molecule has 0 fully saturated rings. The van der Waals surface area contributed by atoms with Crippen molar-refractivity contribution in [2.75, 3.05) is 21.2 Å². The quantitative estimate of drug-likeness (QED) is 0.841. The molecule has 1 rings (SSSR count). The van der Waals surface area contributed by atoms with Crippen LogP contribution >= 0.6 is 11.6 Å². The average molecular weight is 313 g/mol. The number of benzene rings is 1. The van der Waals surface area contributed by atoms with Crippen molar-refractivity contribution in [2.24, 2.45) is 5.92 Å². The molecule has 0 bridgehead atoms. The number of halogens is 1. The first-order chi connectivity index (χ1) is 9.86. The van der Waals surface area contributed by atoms with Gasteiger partial charge in [-0.05, 0) is 24.5 Å². The fourth-order valence-electron chi connectivity index (χ4n) is 2.18. The van der Waals surface area contributed by atoms with Crippen LogP contribution in [-0.4, -0.2) is 38.1 Å². The van der Waals surface area contributed by atoms with Gasteiger partial charge in [0.2, 0.25) is 5.91 Å². The maximum absolute atomic E-state index is 12.2. The van der Waals surface area contributed by atoms with Gasteiger partial charge >= 0.3 is 0 Å². The third-order valence-electron chi connectivity index (χ3n) is 3.27. The molecule has 118 valence electrons. The number of rotatable bonds is 7. The zero-order valence-corrected chi connectivity index (χ0v) is 14.2. The fourth-order valence-corrected chi connectivity index (χ4v) is 2.41. The van der Waals surface area contributed by atoms with Crippen LogP contribution < -0.4 is 10.1 Å². The first kappa shape index (κ1) is 17.8. The molecule has 0 aliphatic rings. The lowest BCUT2D eigenvalue weighted by Crippen LogP contribution is -2.44. The first-order valence-corrected chi connectivity index (χ1v) is 7.50. The molecule has 0 saturated carbocycles. The normalized spacial score (nSPS) is 12.3. The van der Waals surface area contributed by atoms with Gasteiger partial charge in [-0.15, -0.1) is 0 Å². The van der Waals surface area contributed by atoms with E-state index in [1.54, 1.807) is 26.1 Å². The lowest BCUT2D eigenvalue weighted by molar-refractivity contribution is -0.131. The Labute approximate surface area is 132 Å². The minimum absolute atomic E-state index is 0.0784. The van der Waals surface area contributed by atoms with Crippen LogP contribution in [0.1, 0.15) is 25.8 Å². The van der Waals surface area contributed by atoms with Crippen LogP contribution in [-0.2, 0) is 11.3 Å². The Morgan fingerprint density at radius 3 is 2.57 bits per heavy atom. The maximum atomic E-state index is 12.2. The molecule has 5 heteroatoms. The van der Waals surface area contributed by atoms with Gasteiger partial charge < -0.3 is 15.0 Å². The SMILES string of the molecule is COc1cccc(Cl)c1CNC(CC(C)C)C(=O)N(C)C. The summed E-state index contributed by atoms with van der Waals surface area (Å²) in [5.74, 6) is 1.24. The average Bonchev–Trinajstić information content (AvgIpc) is 2.42. The number of nitrogens with zero attached hydrogens (tertiary/aromatic N) is 1. The third kappa shape index (κ3) is 5.21. The van der Waals surface area contributed by atoms with Crippen LogP contribution in [0, 0.1) is 5.92 Å². The van der Waals surface area contributed by atoms with E-state index in [-0.39, 0.29) is 11.9 Å². The summed E-state index contributed by atoms with van der Waals surface area (Å²) in [7, 11) is 5.16. The van der Waals surface area contributed by atoms with Crippen molar-refractivity contribution in [3.63, 3.8) is 0 Å². The number of amides is 1. The summed E-state index contributed by atoms with van der Waals surface area (Å²) in [4.78, 5) is 13.9. The Balaban J connectivity index is 2.84. The molecule has 0 radical (unpaired) electrons. The second kappa shape index (κ2) is 8.25. The van der Waals surface area contributed by atoms with Gasteiger partial charge in [0.05, 0.1) is 13.2 Å². The van der Waals surface area contributed by atoms with E-state index in [4.69, 9.17) is 16.3 Å². The molecule has 1 N–H and O–H groups in total. The van der Waals surface area contributed by atoms with E-state index < -0.39 is 0 Å². The van der Waals surface area contributed by atoms with Gasteiger partial charge in [0.25, 0.3) is 0 Å². The van der Waals surface area contributed by atoms with Gasteiger partial charge in [-0.25, -0.2) is 0 Å². The summed E-state index contributed by atoms with van der Waals surface area (Å²) < 4.78 is 5.33. The van der Waals surface area contributed by atoms with Crippen molar-refractivity contribution in [3.8, 4) is 5.75 Å². The molecule has 0 aliphatic carbocycles. The van der Waals surface area contributed by atoms with Gasteiger partial charge in [0.15, 0.2) is 0 Å². The molecule has 0 aliphatic heterocycles. The Morgan fingerprint density at radius 2 is 2.05 bits per heavy atom. The van der Waals surface area contributed by atoms with E-state index in [0.717, 1.165) is 17.7 Å². The first-order valence-electron chi connectivity index (χ1n) is 7.12. The highest BCUT2D eigenvalue weighted by atomic mass is 35.5. The van der Waals surface area contributed by atoms with Gasteiger partial charge in [0, 0.05) is 31.2 Å². The second-order valence-corrected chi connectivity index (χ2v) is 6.12. The Hall–Kier alpha value is -1.26. The molecule has 0 aromatic heterocycles. The number of hydrogen-bond acceptors (Lipinski definition) is 3. The molecule has 1 aromatic rings. The lowest BCUT2D eigenvalue weighted by atomic mass is 10.0. The van der Waals surface area contributed by atoms with Crippen molar-refractivity contribution >= 4 is 17.5 Å². The Kier molecular flexibility index (Phi) is 6.99. The maximum Gasteiger partial charge on any atom is 0.239 e. The molecule has 21 heavy (non-hydrogen) atoms. The summed E-state index contributed by atoms with van der Waals surface area (Å²) in [5, 5.41) is 3.95. The largest absolute Gasteiger partial charge is 0.496 e. The summed E-state index contributed by atoms with van der Waals surface area (Å²) >= 11 is 6.22. The Bertz CT molecular complexity index is 475. The number of hydrogen-bond donors (Lipinski definition) is 1. The van der Waals surface area contributed by atoms with Crippen molar-refractivity contribution in [2.45, 2.75) is 32.9 Å². The third-order valence-corrected chi connectivity index (χ3v) is 3.62. The molecule has 1 aromatic carbocycles. The number of likely N-dealkylation sites (N-methyl/N-ethyl adjacent to an activating group) is 1. The molecule has 4 nitrogen and oxygen atoms in total. The summed E-state index contributed by atoms with van der Waals surface area (Å²) in [6, 6.07) is 5.32. The van der Waals surface area contributed by atoms with E-state index >= 15 is 0 Å². The fraction of sp³-hybridized carbons (Fsp3) is 0.562. The van der Waals surface area contributed by atoms with Crippen LogP contribution in [0.3, 0.4) is 0 Å². The second-order valence-electron chi connectivity index (χ2n) is 5.72. The molecular formula is C16H25ClN2O2. The highest BCUT2D eigenvalue weighted by Gasteiger charge is 2.21. The van der Waals surface area contributed by atoms with Crippen LogP contribution in [0.2, 0.25) is 5.02 Å². The number of carbonyl (C=O) groups is 1.